The van der Waals surface area contributed by atoms with Crippen molar-refractivity contribution < 1.29 is 14.7 Å². The number of amides is 1. The molecule has 0 aromatic carbocycles. The van der Waals surface area contributed by atoms with Crippen LogP contribution >= 0.6 is 0 Å². The zero-order valence-corrected chi connectivity index (χ0v) is 7.99. The van der Waals surface area contributed by atoms with Crippen LogP contribution in [-0.4, -0.2) is 48.3 Å². The van der Waals surface area contributed by atoms with Gasteiger partial charge in [-0.3, -0.25) is 9.63 Å². The summed E-state index contributed by atoms with van der Waals surface area (Å²) in [5.41, 5.74) is 2.60. The number of aliphatic hydroxyl groups is 1. The Balaban J connectivity index is 2.36. The largest absolute Gasteiger partial charge is 0.384 e. The first-order valence-electron chi connectivity index (χ1n) is 4.44. The lowest BCUT2D eigenvalue weighted by Crippen LogP contribution is -2.37. The minimum absolute atomic E-state index is 0.0488. The number of likely N-dealkylation sites (tertiary alicyclic amines) is 1. The van der Waals surface area contributed by atoms with Crippen LogP contribution in [0.25, 0.3) is 0 Å². The average molecular weight is 188 g/mol. The van der Waals surface area contributed by atoms with E-state index in [-0.39, 0.29) is 12.0 Å². The third-order valence-electron chi connectivity index (χ3n) is 2.10. The van der Waals surface area contributed by atoms with Gasteiger partial charge in [-0.2, -0.15) is 0 Å². The summed E-state index contributed by atoms with van der Waals surface area (Å²) in [4.78, 5) is 18.1. The first-order chi connectivity index (χ1) is 6.15. The van der Waals surface area contributed by atoms with Crippen molar-refractivity contribution in [1.29, 1.82) is 0 Å². The summed E-state index contributed by atoms with van der Waals surface area (Å²) in [6.07, 6.45) is -0.0414. The Morgan fingerprint density at radius 1 is 1.77 bits per heavy atom. The molecule has 0 aromatic rings. The zero-order chi connectivity index (χ0) is 9.84. The van der Waals surface area contributed by atoms with Crippen molar-refractivity contribution in [3.8, 4) is 0 Å². The van der Waals surface area contributed by atoms with E-state index in [4.69, 9.17) is 9.94 Å². The Bertz CT molecular complexity index is 184. The molecule has 0 radical (unpaired) electrons. The number of nitrogens with zero attached hydrogens (tertiary/aromatic N) is 1. The van der Waals surface area contributed by atoms with E-state index in [0.29, 0.717) is 13.1 Å². The van der Waals surface area contributed by atoms with Crippen LogP contribution in [0.1, 0.15) is 13.3 Å². The molecule has 0 spiro atoms. The fraction of sp³-hybridized carbons (Fsp3) is 0.875. The number of hydroxylamine groups is 1. The molecule has 1 aliphatic heterocycles. The third kappa shape index (κ3) is 2.65. The Kier molecular flexibility index (Phi) is 3.65. The molecule has 2 N–H and O–H groups in total. The van der Waals surface area contributed by atoms with Crippen molar-refractivity contribution in [3.05, 3.63) is 0 Å². The second-order valence-electron chi connectivity index (χ2n) is 3.19. The summed E-state index contributed by atoms with van der Waals surface area (Å²) in [6, 6.07) is 0. The molecule has 2 unspecified atom stereocenters. The van der Waals surface area contributed by atoms with Crippen LogP contribution in [-0.2, 0) is 9.63 Å². The maximum absolute atomic E-state index is 11.3. The first-order valence-corrected chi connectivity index (χ1v) is 4.44. The normalized spacial score (nSPS) is 24.8. The molecule has 1 rings (SSSR count). The summed E-state index contributed by atoms with van der Waals surface area (Å²) in [5, 5.41) is 9.05. The molecule has 0 bridgehead atoms. The standard InChI is InChI=1S/C8H16N2O3/c1-6(11)8(12)10-4-3-7(5-10)13-9-2/h6-7,9,11H,3-5H2,1-2H3. The highest BCUT2D eigenvalue weighted by molar-refractivity contribution is 5.80. The number of rotatable bonds is 3. The molecule has 5 heteroatoms. The molecule has 76 valence electrons. The fourth-order valence-electron chi connectivity index (χ4n) is 1.46. The first kappa shape index (κ1) is 10.4. The highest BCUT2D eigenvalue weighted by atomic mass is 16.7. The van der Waals surface area contributed by atoms with Gasteiger partial charge in [0.1, 0.15) is 6.10 Å². The lowest BCUT2D eigenvalue weighted by atomic mass is 10.3. The molecule has 1 saturated heterocycles. The summed E-state index contributed by atoms with van der Waals surface area (Å²) in [6.45, 7) is 2.70. The average Bonchev–Trinajstić information content (AvgIpc) is 2.52. The van der Waals surface area contributed by atoms with E-state index in [2.05, 4.69) is 5.48 Å². The van der Waals surface area contributed by atoms with Gasteiger partial charge in [0.2, 0.25) is 0 Å². The second-order valence-corrected chi connectivity index (χ2v) is 3.19. The highest BCUT2D eigenvalue weighted by Gasteiger charge is 2.28. The van der Waals surface area contributed by atoms with Gasteiger partial charge in [0.05, 0.1) is 6.10 Å². The Morgan fingerprint density at radius 3 is 3.00 bits per heavy atom. The predicted molar refractivity (Wildman–Crippen MR) is 46.8 cm³/mol. The van der Waals surface area contributed by atoms with Crippen LogP contribution in [0, 0.1) is 0 Å². The number of hydrogen-bond donors (Lipinski definition) is 2. The van der Waals surface area contributed by atoms with E-state index in [1.165, 1.54) is 6.92 Å². The quantitative estimate of drug-likeness (QED) is 0.565. The molecular formula is C8H16N2O3. The van der Waals surface area contributed by atoms with E-state index in [1.807, 2.05) is 0 Å². The van der Waals surface area contributed by atoms with Gasteiger partial charge in [-0.15, -0.1) is 0 Å². The van der Waals surface area contributed by atoms with E-state index in [1.54, 1.807) is 11.9 Å². The molecular weight excluding hydrogens is 172 g/mol. The van der Waals surface area contributed by atoms with Crippen LogP contribution in [0.3, 0.4) is 0 Å². The summed E-state index contributed by atoms with van der Waals surface area (Å²) >= 11 is 0. The number of carbonyl (C=O) groups is 1. The zero-order valence-electron chi connectivity index (χ0n) is 7.99. The van der Waals surface area contributed by atoms with Crippen molar-refractivity contribution in [1.82, 2.24) is 10.4 Å². The SMILES string of the molecule is CNOC1CCN(C(=O)C(C)O)C1. The molecule has 1 fully saturated rings. The smallest absolute Gasteiger partial charge is 0.251 e. The summed E-state index contributed by atoms with van der Waals surface area (Å²) < 4.78 is 0. The van der Waals surface area contributed by atoms with Gasteiger partial charge in [0.25, 0.3) is 5.91 Å². The maximum atomic E-state index is 11.3. The number of carbonyl (C=O) groups excluding carboxylic acids is 1. The Labute approximate surface area is 77.6 Å². The molecule has 0 saturated carbocycles. The Morgan fingerprint density at radius 2 is 2.46 bits per heavy atom. The van der Waals surface area contributed by atoms with Crippen molar-refractivity contribution in [2.24, 2.45) is 0 Å². The van der Waals surface area contributed by atoms with Gasteiger partial charge in [-0.25, -0.2) is 5.48 Å². The van der Waals surface area contributed by atoms with E-state index < -0.39 is 6.10 Å². The van der Waals surface area contributed by atoms with Gasteiger partial charge in [0.15, 0.2) is 0 Å². The molecule has 2 atom stereocenters. The van der Waals surface area contributed by atoms with Gasteiger partial charge >= 0.3 is 0 Å². The van der Waals surface area contributed by atoms with E-state index in [0.717, 1.165) is 6.42 Å². The third-order valence-corrected chi connectivity index (χ3v) is 2.10. The molecule has 0 aliphatic carbocycles. The fourth-order valence-corrected chi connectivity index (χ4v) is 1.46. The van der Waals surface area contributed by atoms with Crippen molar-refractivity contribution in [2.45, 2.75) is 25.6 Å². The van der Waals surface area contributed by atoms with Crippen LogP contribution in [0.5, 0.6) is 0 Å². The summed E-state index contributed by atoms with van der Waals surface area (Å²) in [7, 11) is 1.69. The second kappa shape index (κ2) is 4.55. The number of hydrogen-bond acceptors (Lipinski definition) is 4. The summed E-state index contributed by atoms with van der Waals surface area (Å²) in [5.74, 6) is -0.220. The Hall–Kier alpha value is -0.650. The topological polar surface area (TPSA) is 61.8 Å². The van der Waals surface area contributed by atoms with Crippen LogP contribution in [0.15, 0.2) is 0 Å². The molecule has 5 nitrogen and oxygen atoms in total. The van der Waals surface area contributed by atoms with Gasteiger partial charge in [0, 0.05) is 20.1 Å². The lowest BCUT2D eigenvalue weighted by Gasteiger charge is -2.17. The van der Waals surface area contributed by atoms with Crippen LogP contribution in [0.2, 0.25) is 0 Å². The number of nitrogens with one attached hydrogen (secondary N) is 1. The minimum Gasteiger partial charge on any atom is -0.384 e. The van der Waals surface area contributed by atoms with Crippen molar-refractivity contribution in [2.75, 3.05) is 20.1 Å². The maximum Gasteiger partial charge on any atom is 0.251 e. The highest BCUT2D eigenvalue weighted by Crippen LogP contribution is 2.12. The molecule has 1 heterocycles. The molecule has 1 amide bonds. The van der Waals surface area contributed by atoms with E-state index >= 15 is 0 Å². The van der Waals surface area contributed by atoms with Crippen LogP contribution < -0.4 is 5.48 Å². The van der Waals surface area contributed by atoms with Gasteiger partial charge in [-0.05, 0) is 13.3 Å². The number of aliphatic hydroxyl groups excluding tert-OH is 1. The van der Waals surface area contributed by atoms with E-state index in [9.17, 15) is 4.79 Å². The molecule has 13 heavy (non-hydrogen) atoms. The predicted octanol–water partition coefficient (Wildman–Crippen LogP) is -0.881. The van der Waals surface area contributed by atoms with Crippen molar-refractivity contribution in [3.63, 3.8) is 0 Å². The monoisotopic (exact) mass is 188 g/mol. The van der Waals surface area contributed by atoms with Crippen molar-refractivity contribution >= 4 is 5.91 Å². The minimum atomic E-state index is -0.909. The molecule has 0 aromatic heterocycles. The van der Waals surface area contributed by atoms with Gasteiger partial charge < -0.3 is 10.0 Å². The van der Waals surface area contributed by atoms with Crippen LogP contribution in [0.4, 0.5) is 0 Å². The molecule has 1 aliphatic rings. The lowest BCUT2D eigenvalue weighted by molar-refractivity contribution is -0.138. The van der Waals surface area contributed by atoms with Gasteiger partial charge in [-0.1, -0.05) is 0 Å².